The van der Waals surface area contributed by atoms with Crippen LogP contribution in [0.4, 0.5) is 11.4 Å². The Morgan fingerprint density at radius 3 is 1.76 bits per heavy atom. The highest BCUT2D eigenvalue weighted by atomic mass is 15.1. The first-order valence-corrected chi connectivity index (χ1v) is 17.6. The number of rotatable bonds is 7. The van der Waals surface area contributed by atoms with Crippen molar-refractivity contribution in [1.29, 1.82) is 0 Å². The maximum Gasteiger partial charge on any atom is 0.0464 e. The second kappa shape index (κ2) is 12.8. The molecule has 8 rings (SSSR count). The Kier molecular flexibility index (Phi) is 8.05. The number of nitrogens with zero attached hydrogens (tertiary/aromatic N) is 1. The Labute approximate surface area is 296 Å². The van der Waals surface area contributed by atoms with Gasteiger partial charge < -0.3 is 4.90 Å². The lowest BCUT2D eigenvalue weighted by atomic mass is 9.81. The molecule has 1 aliphatic carbocycles. The molecule has 1 aliphatic rings. The van der Waals surface area contributed by atoms with Crippen LogP contribution in [0.1, 0.15) is 38.8 Å². The molecule has 0 bridgehead atoms. The molecule has 7 aromatic carbocycles. The van der Waals surface area contributed by atoms with Crippen molar-refractivity contribution in [1.82, 2.24) is 0 Å². The Balaban J connectivity index is 1.15. The van der Waals surface area contributed by atoms with Gasteiger partial charge in [-0.2, -0.15) is 0 Å². The van der Waals surface area contributed by atoms with E-state index in [0.717, 1.165) is 17.1 Å². The highest BCUT2D eigenvalue weighted by molar-refractivity contribution is 5.97. The predicted molar refractivity (Wildman–Crippen MR) is 215 cm³/mol. The topological polar surface area (TPSA) is 3.24 Å². The van der Waals surface area contributed by atoms with E-state index in [1.54, 1.807) is 0 Å². The van der Waals surface area contributed by atoms with E-state index in [9.17, 15) is 0 Å². The molecule has 0 N–H and O–H groups in total. The van der Waals surface area contributed by atoms with Crippen molar-refractivity contribution in [3.05, 3.63) is 193 Å². The molecule has 7 aromatic rings. The van der Waals surface area contributed by atoms with Crippen molar-refractivity contribution in [2.75, 3.05) is 4.90 Å². The molecule has 0 amide bonds. The summed E-state index contributed by atoms with van der Waals surface area (Å²) in [4.78, 5) is 2.38. The van der Waals surface area contributed by atoms with Crippen molar-refractivity contribution in [3.63, 3.8) is 0 Å². The van der Waals surface area contributed by atoms with Crippen LogP contribution in [0.25, 0.3) is 55.3 Å². The summed E-state index contributed by atoms with van der Waals surface area (Å²) < 4.78 is 0. The fraction of sp³-hybridized carbons (Fsp3) is 0.102. The molecule has 0 saturated heterocycles. The number of hydrogen-bond acceptors (Lipinski definition) is 1. The molecule has 0 unspecified atom stereocenters. The maximum atomic E-state index is 2.41. The van der Waals surface area contributed by atoms with Crippen LogP contribution in [0.5, 0.6) is 0 Å². The summed E-state index contributed by atoms with van der Waals surface area (Å²) in [6.45, 7) is 8.94. The maximum absolute atomic E-state index is 2.41. The van der Waals surface area contributed by atoms with Gasteiger partial charge in [0.05, 0.1) is 0 Å². The van der Waals surface area contributed by atoms with Gasteiger partial charge >= 0.3 is 0 Å². The molecular formula is C49H41N. The van der Waals surface area contributed by atoms with Crippen LogP contribution in [0.2, 0.25) is 0 Å². The van der Waals surface area contributed by atoms with E-state index in [1.165, 1.54) is 66.4 Å². The highest BCUT2D eigenvalue weighted by Gasteiger charge is 2.36. The number of allylic oxidation sites excluding steroid dienone is 3. The first-order chi connectivity index (χ1) is 24.5. The zero-order valence-electron chi connectivity index (χ0n) is 29.2. The van der Waals surface area contributed by atoms with Gasteiger partial charge in [0, 0.05) is 22.5 Å². The molecule has 0 radical (unpaired) electrons. The van der Waals surface area contributed by atoms with Crippen LogP contribution >= 0.6 is 0 Å². The Morgan fingerprint density at radius 2 is 1.04 bits per heavy atom. The summed E-state index contributed by atoms with van der Waals surface area (Å²) in [6.07, 6.45) is 6.51. The third kappa shape index (κ3) is 5.46. The lowest BCUT2D eigenvalue weighted by molar-refractivity contribution is 0.660. The van der Waals surface area contributed by atoms with Crippen molar-refractivity contribution in [2.24, 2.45) is 0 Å². The van der Waals surface area contributed by atoms with Gasteiger partial charge in [-0.1, -0.05) is 153 Å². The van der Waals surface area contributed by atoms with Gasteiger partial charge in [0.1, 0.15) is 0 Å². The van der Waals surface area contributed by atoms with E-state index < -0.39 is 0 Å². The summed E-state index contributed by atoms with van der Waals surface area (Å²) >= 11 is 0. The van der Waals surface area contributed by atoms with Crippen LogP contribution in [0.3, 0.4) is 0 Å². The summed E-state index contributed by atoms with van der Waals surface area (Å²) in [5, 5.41) is 2.53. The molecule has 0 aromatic heterocycles. The van der Waals surface area contributed by atoms with Gasteiger partial charge in [0.25, 0.3) is 0 Å². The largest absolute Gasteiger partial charge is 0.311 e. The molecule has 0 heterocycles. The highest BCUT2D eigenvalue weighted by Crippen LogP contribution is 2.51. The third-order valence-electron chi connectivity index (χ3n) is 10.4. The molecule has 0 saturated carbocycles. The second-order valence-corrected chi connectivity index (χ2v) is 13.7. The zero-order chi connectivity index (χ0) is 34.2. The predicted octanol–water partition coefficient (Wildman–Crippen LogP) is 13.8. The number of hydrogen-bond donors (Lipinski definition) is 0. The molecule has 0 spiro atoms. The van der Waals surface area contributed by atoms with Crippen LogP contribution in [0.15, 0.2) is 182 Å². The van der Waals surface area contributed by atoms with Gasteiger partial charge in [0.15, 0.2) is 0 Å². The molecule has 1 heteroatoms. The minimum Gasteiger partial charge on any atom is -0.311 e. The Morgan fingerprint density at radius 1 is 0.480 bits per heavy atom. The number of fused-ring (bicyclic) bond motifs is 4. The standard InChI is InChI=1S/C49H41N/c1-5-13-40(6-2)50(41-27-24-38(25-28-41)44-19-12-17-37-16-10-11-18-43(37)44)42-29-31-46-45-30-26-39(32-47(45)49(3,4)48(46)33-42)36-22-20-35(21-23-36)34-14-8-7-9-15-34/h5-33H,1-4H3/b13-5-,40-6+. The van der Waals surface area contributed by atoms with Crippen molar-refractivity contribution in [2.45, 2.75) is 33.1 Å². The molecule has 0 atom stereocenters. The summed E-state index contributed by atoms with van der Waals surface area (Å²) in [7, 11) is 0. The van der Waals surface area contributed by atoms with Crippen LogP contribution < -0.4 is 4.90 Å². The fourth-order valence-electron chi connectivity index (χ4n) is 7.71. The summed E-state index contributed by atoms with van der Waals surface area (Å²) in [5.74, 6) is 0. The molecule has 50 heavy (non-hydrogen) atoms. The van der Waals surface area contributed by atoms with Gasteiger partial charge in [-0.05, 0) is 117 Å². The Hall–Kier alpha value is -5.92. The van der Waals surface area contributed by atoms with Crippen molar-refractivity contribution in [3.8, 4) is 44.5 Å². The van der Waals surface area contributed by atoms with E-state index in [0.29, 0.717) is 0 Å². The van der Waals surface area contributed by atoms with Gasteiger partial charge in [-0.15, -0.1) is 0 Å². The average Bonchev–Trinajstić information content (AvgIpc) is 3.40. The van der Waals surface area contributed by atoms with Gasteiger partial charge in [-0.3, -0.25) is 0 Å². The van der Waals surface area contributed by atoms with Crippen molar-refractivity contribution < 1.29 is 0 Å². The second-order valence-electron chi connectivity index (χ2n) is 13.7. The van der Waals surface area contributed by atoms with Crippen LogP contribution in [0, 0.1) is 0 Å². The summed E-state index contributed by atoms with van der Waals surface area (Å²) in [5.41, 5.74) is 16.1. The van der Waals surface area contributed by atoms with Crippen LogP contribution in [-0.2, 0) is 5.41 Å². The quantitative estimate of drug-likeness (QED) is 0.156. The number of benzene rings is 7. The van der Waals surface area contributed by atoms with Crippen molar-refractivity contribution >= 4 is 22.1 Å². The Bertz CT molecular complexity index is 2390. The fourth-order valence-corrected chi connectivity index (χ4v) is 7.71. The first kappa shape index (κ1) is 31.4. The minimum atomic E-state index is -0.152. The van der Waals surface area contributed by atoms with E-state index >= 15 is 0 Å². The average molecular weight is 644 g/mol. The molecule has 242 valence electrons. The lowest BCUT2D eigenvalue weighted by Crippen LogP contribution is -2.18. The zero-order valence-corrected chi connectivity index (χ0v) is 29.2. The van der Waals surface area contributed by atoms with Gasteiger partial charge in [0.2, 0.25) is 0 Å². The molecule has 1 nitrogen and oxygen atoms in total. The molecule has 0 fully saturated rings. The van der Waals surface area contributed by atoms with Gasteiger partial charge in [-0.25, -0.2) is 0 Å². The smallest absolute Gasteiger partial charge is 0.0464 e. The van der Waals surface area contributed by atoms with E-state index in [2.05, 4.69) is 209 Å². The van der Waals surface area contributed by atoms with E-state index in [4.69, 9.17) is 0 Å². The molecule has 0 aliphatic heterocycles. The third-order valence-corrected chi connectivity index (χ3v) is 10.4. The number of anilines is 2. The van der Waals surface area contributed by atoms with Crippen LogP contribution in [-0.4, -0.2) is 0 Å². The van der Waals surface area contributed by atoms with E-state index in [-0.39, 0.29) is 5.41 Å². The monoisotopic (exact) mass is 643 g/mol. The molecular weight excluding hydrogens is 603 g/mol. The summed E-state index contributed by atoms with van der Waals surface area (Å²) in [6, 6.07) is 57.8. The van der Waals surface area contributed by atoms with E-state index in [1.807, 2.05) is 0 Å². The lowest BCUT2D eigenvalue weighted by Gasteiger charge is -2.29. The minimum absolute atomic E-state index is 0.152. The first-order valence-electron chi connectivity index (χ1n) is 17.6. The normalized spacial score (nSPS) is 13.4. The SMILES string of the molecule is C/C=C\C(=C/C)N(c1ccc(-c2cccc3ccccc23)cc1)c1ccc2c(c1)C(C)(C)c1cc(-c3ccc(-c4ccccc4)cc3)ccc1-2.